The van der Waals surface area contributed by atoms with Gasteiger partial charge in [-0.3, -0.25) is 0 Å². The smallest absolute Gasteiger partial charge is 0.143 e. The normalized spacial score (nSPS) is 11.5. The van der Waals surface area contributed by atoms with Crippen molar-refractivity contribution >= 4 is 70.5 Å². The van der Waals surface area contributed by atoms with E-state index in [0.717, 1.165) is 55.7 Å². The maximum Gasteiger partial charge on any atom is 0.143 e. The third kappa shape index (κ3) is 6.58. The summed E-state index contributed by atoms with van der Waals surface area (Å²) in [5, 5.41) is 4.77. The van der Waals surface area contributed by atoms with E-state index >= 15 is 0 Å². The summed E-state index contributed by atoms with van der Waals surface area (Å²) >= 11 is 1.89. The van der Waals surface area contributed by atoms with Crippen LogP contribution in [-0.4, -0.2) is 0 Å². The van der Waals surface area contributed by atoms with Crippen LogP contribution in [0.2, 0.25) is 0 Å². The molecule has 0 unspecified atom stereocenters. The Kier molecular flexibility index (Phi) is 9.06. The van der Waals surface area contributed by atoms with Gasteiger partial charge in [0.25, 0.3) is 0 Å². The lowest BCUT2D eigenvalue weighted by Gasteiger charge is -2.26. The van der Waals surface area contributed by atoms with Crippen molar-refractivity contribution in [1.82, 2.24) is 0 Å². The molecule has 12 rings (SSSR count). The topological polar surface area (TPSA) is 16.4 Å². The molecule has 3 heteroatoms. The highest BCUT2D eigenvalue weighted by Crippen LogP contribution is 2.48. The van der Waals surface area contributed by atoms with E-state index in [1.54, 1.807) is 0 Å². The van der Waals surface area contributed by atoms with Gasteiger partial charge in [0.05, 0.1) is 0 Å². The first kappa shape index (κ1) is 36.8. The first-order valence-electron chi connectivity index (χ1n) is 21.4. The molecule has 0 aliphatic heterocycles. The van der Waals surface area contributed by atoms with Gasteiger partial charge < -0.3 is 9.32 Å². The van der Waals surface area contributed by atoms with E-state index in [4.69, 9.17) is 4.42 Å². The summed E-state index contributed by atoms with van der Waals surface area (Å²) in [6, 6.07) is 85.2. The first-order valence-corrected chi connectivity index (χ1v) is 22.2. The molecule has 0 saturated carbocycles. The molecule has 10 aromatic carbocycles. The van der Waals surface area contributed by atoms with Crippen molar-refractivity contribution in [2.75, 3.05) is 4.90 Å². The summed E-state index contributed by atoms with van der Waals surface area (Å²) in [5.74, 6) is 0. The Balaban J connectivity index is 1.02. The zero-order valence-corrected chi connectivity index (χ0v) is 35.1. The minimum Gasteiger partial charge on any atom is -0.455 e. The number of para-hydroxylation sites is 2. The minimum absolute atomic E-state index is 0.902. The number of benzene rings is 10. The van der Waals surface area contributed by atoms with E-state index in [9.17, 15) is 0 Å². The number of furan rings is 1. The number of rotatable bonds is 8. The number of thiophene rings is 1. The number of fused-ring (bicyclic) bond motifs is 6. The van der Waals surface area contributed by atoms with E-state index < -0.39 is 0 Å². The molecule has 2 heterocycles. The fourth-order valence-corrected chi connectivity index (χ4v) is 10.5. The SMILES string of the molecule is c1ccc(-c2ccc(N(c3ccc(-c4ccccc4)cc3)c3ccc(-c4cc(-c5cccc6c5oc5ccccc56)cc5c4sc4c(-c6ccccc6)cccc45)cc3)cc2)cc1. The maximum atomic E-state index is 6.63. The lowest BCUT2D eigenvalue weighted by atomic mass is 9.94. The fraction of sp³-hybridized carbons (Fsp3) is 0. The predicted molar refractivity (Wildman–Crippen MR) is 268 cm³/mol. The minimum atomic E-state index is 0.902. The molecule has 2 aromatic heterocycles. The van der Waals surface area contributed by atoms with E-state index in [2.05, 4.69) is 235 Å². The average molecular weight is 822 g/mol. The van der Waals surface area contributed by atoms with E-state index in [1.165, 1.54) is 59.1 Å². The van der Waals surface area contributed by atoms with Crippen LogP contribution in [0.1, 0.15) is 0 Å². The molecule has 63 heavy (non-hydrogen) atoms. The summed E-state index contributed by atoms with van der Waals surface area (Å²) in [5.41, 5.74) is 16.9. The summed E-state index contributed by atoms with van der Waals surface area (Å²) in [4.78, 5) is 2.35. The average Bonchev–Trinajstić information content (AvgIpc) is 3.94. The van der Waals surface area contributed by atoms with Crippen LogP contribution < -0.4 is 4.90 Å². The van der Waals surface area contributed by atoms with Crippen LogP contribution >= 0.6 is 11.3 Å². The van der Waals surface area contributed by atoms with Gasteiger partial charge in [-0.15, -0.1) is 11.3 Å². The molecule has 0 N–H and O–H groups in total. The first-order chi connectivity index (χ1) is 31.2. The van der Waals surface area contributed by atoms with Crippen LogP contribution in [0, 0.1) is 0 Å². The number of nitrogens with zero attached hydrogens (tertiary/aromatic N) is 1. The maximum absolute atomic E-state index is 6.63. The molecule has 296 valence electrons. The van der Waals surface area contributed by atoms with E-state index in [-0.39, 0.29) is 0 Å². The third-order valence-electron chi connectivity index (χ3n) is 12.3. The van der Waals surface area contributed by atoms with E-state index in [0.29, 0.717) is 0 Å². The molecular formula is C60H39NOS. The standard InChI is InChI=1S/C60H39NOS/c1-4-14-40(15-5-1)42-26-32-47(33-27-42)61(48-34-28-43(29-35-48)41-16-6-2-7-17-41)49-36-30-45(31-37-49)55-38-46(50-21-12-23-53-52-20-10-11-25-57(52)62-58(50)53)39-56-54-24-13-22-51(59(54)63-60(55)56)44-18-8-3-9-19-44/h1-39H. The fourth-order valence-electron chi connectivity index (χ4n) is 9.19. The number of hydrogen-bond donors (Lipinski definition) is 0. The van der Waals surface area contributed by atoms with Crippen LogP contribution in [-0.2, 0) is 0 Å². The van der Waals surface area contributed by atoms with Gasteiger partial charge >= 0.3 is 0 Å². The Labute approximate surface area is 370 Å². The molecule has 0 radical (unpaired) electrons. The van der Waals surface area contributed by atoms with Gasteiger partial charge in [-0.05, 0) is 99.1 Å². The number of hydrogen-bond acceptors (Lipinski definition) is 3. The lowest BCUT2D eigenvalue weighted by Crippen LogP contribution is -2.09. The zero-order valence-electron chi connectivity index (χ0n) is 34.3. The molecule has 0 fully saturated rings. The van der Waals surface area contributed by atoms with Crippen molar-refractivity contribution in [3.63, 3.8) is 0 Å². The van der Waals surface area contributed by atoms with Crippen LogP contribution in [0.25, 0.3) is 97.7 Å². The summed E-state index contributed by atoms with van der Waals surface area (Å²) in [6.45, 7) is 0. The predicted octanol–water partition coefficient (Wildman–Crippen LogP) is 17.8. The van der Waals surface area contributed by atoms with Crippen LogP contribution in [0.5, 0.6) is 0 Å². The van der Waals surface area contributed by atoms with Crippen molar-refractivity contribution < 1.29 is 4.42 Å². The highest BCUT2D eigenvalue weighted by Gasteiger charge is 2.20. The third-order valence-corrected chi connectivity index (χ3v) is 13.6. The summed E-state index contributed by atoms with van der Waals surface area (Å²) in [7, 11) is 0. The van der Waals surface area contributed by atoms with Gasteiger partial charge in [0, 0.05) is 59.1 Å². The van der Waals surface area contributed by atoms with Crippen LogP contribution in [0.3, 0.4) is 0 Å². The van der Waals surface area contributed by atoms with Crippen molar-refractivity contribution in [2.45, 2.75) is 0 Å². The number of anilines is 3. The highest BCUT2D eigenvalue weighted by molar-refractivity contribution is 7.26. The molecule has 0 spiro atoms. The molecule has 12 aromatic rings. The van der Waals surface area contributed by atoms with Gasteiger partial charge in [0.2, 0.25) is 0 Å². The van der Waals surface area contributed by atoms with Crippen LogP contribution in [0.4, 0.5) is 17.1 Å². The van der Waals surface area contributed by atoms with Crippen molar-refractivity contribution in [3.05, 3.63) is 237 Å². The van der Waals surface area contributed by atoms with Gasteiger partial charge in [-0.2, -0.15) is 0 Å². The van der Waals surface area contributed by atoms with Gasteiger partial charge in [-0.25, -0.2) is 0 Å². The van der Waals surface area contributed by atoms with Gasteiger partial charge in [-0.1, -0.05) is 182 Å². The lowest BCUT2D eigenvalue weighted by molar-refractivity contribution is 0.670. The zero-order chi connectivity index (χ0) is 41.7. The second kappa shape index (κ2) is 15.5. The van der Waals surface area contributed by atoms with Crippen LogP contribution in [0.15, 0.2) is 241 Å². The van der Waals surface area contributed by atoms with Crippen molar-refractivity contribution in [3.8, 4) is 55.6 Å². The highest BCUT2D eigenvalue weighted by atomic mass is 32.1. The largest absolute Gasteiger partial charge is 0.455 e. The Morgan fingerprint density at radius 2 is 0.730 bits per heavy atom. The second-order valence-corrected chi connectivity index (χ2v) is 17.1. The Morgan fingerprint density at radius 1 is 0.286 bits per heavy atom. The molecule has 0 aliphatic rings. The molecule has 0 saturated heterocycles. The Morgan fingerprint density at radius 3 is 1.33 bits per heavy atom. The quantitative estimate of drug-likeness (QED) is 0.152. The van der Waals surface area contributed by atoms with Crippen molar-refractivity contribution in [2.24, 2.45) is 0 Å². The van der Waals surface area contributed by atoms with Gasteiger partial charge in [0.1, 0.15) is 11.2 Å². The summed E-state index contributed by atoms with van der Waals surface area (Å²) in [6.07, 6.45) is 0. The molecular weight excluding hydrogens is 783 g/mol. The molecule has 0 amide bonds. The second-order valence-electron chi connectivity index (χ2n) is 16.0. The molecule has 2 nitrogen and oxygen atoms in total. The molecule has 0 bridgehead atoms. The monoisotopic (exact) mass is 821 g/mol. The Bertz CT molecular complexity index is 3490. The Hall–Kier alpha value is -7.98. The summed E-state index contributed by atoms with van der Waals surface area (Å²) < 4.78 is 9.19. The molecule has 0 aliphatic carbocycles. The van der Waals surface area contributed by atoms with Crippen molar-refractivity contribution in [1.29, 1.82) is 0 Å². The molecule has 0 atom stereocenters. The van der Waals surface area contributed by atoms with Gasteiger partial charge in [0.15, 0.2) is 0 Å². The van der Waals surface area contributed by atoms with E-state index in [1.807, 2.05) is 17.4 Å².